The summed E-state index contributed by atoms with van der Waals surface area (Å²) in [4.78, 5) is 12.4. The summed E-state index contributed by atoms with van der Waals surface area (Å²) in [5, 5.41) is 4.37. The zero-order chi connectivity index (χ0) is 17.1. The molecule has 3 rings (SSSR count). The summed E-state index contributed by atoms with van der Waals surface area (Å²) in [6, 6.07) is 14.6. The van der Waals surface area contributed by atoms with E-state index in [1.54, 1.807) is 36.4 Å². The second-order valence-corrected chi connectivity index (χ2v) is 6.03. The van der Waals surface area contributed by atoms with Gasteiger partial charge >= 0.3 is 5.97 Å². The number of aromatic nitrogens is 2. The second kappa shape index (κ2) is 6.97. The molecule has 0 fully saturated rings. The minimum absolute atomic E-state index is 0.252. The Morgan fingerprint density at radius 3 is 2.71 bits per heavy atom. The Morgan fingerprint density at radius 1 is 1.21 bits per heavy atom. The highest BCUT2D eigenvalue weighted by Crippen LogP contribution is 2.22. The van der Waals surface area contributed by atoms with Crippen molar-refractivity contribution in [2.24, 2.45) is 0 Å². The highest BCUT2D eigenvalue weighted by molar-refractivity contribution is 9.10. The van der Waals surface area contributed by atoms with Crippen LogP contribution in [-0.4, -0.2) is 15.7 Å². The Kier molecular flexibility index (Phi) is 4.76. The minimum Gasteiger partial charge on any atom is -0.404 e. The maximum absolute atomic E-state index is 13.5. The number of benzene rings is 2. The second-order valence-electron chi connectivity index (χ2n) is 5.12. The Labute approximate surface area is 147 Å². The fourth-order valence-electron chi connectivity index (χ4n) is 2.22. The Balaban J connectivity index is 1.96. The molecular weight excluding hydrogens is 375 g/mol. The van der Waals surface area contributed by atoms with E-state index in [9.17, 15) is 9.18 Å². The lowest BCUT2D eigenvalue weighted by Crippen LogP contribution is -2.11. The van der Waals surface area contributed by atoms with Crippen LogP contribution < -0.4 is 4.74 Å². The Morgan fingerprint density at radius 2 is 2.00 bits per heavy atom. The van der Waals surface area contributed by atoms with Gasteiger partial charge in [-0.1, -0.05) is 35.0 Å². The number of halogens is 2. The van der Waals surface area contributed by atoms with E-state index >= 15 is 0 Å². The molecule has 24 heavy (non-hydrogen) atoms. The summed E-state index contributed by atoms with van der Waals surface area (Å²) in [5.74, 6) is -0.635. The van der Waals surface area contributed by atoms with Crippen molar-refractivity contribution < 1.29 is 13.9 Å². The topological polar surface area (TPSA) is 44.1 Å². The third kappa shape index (κ3) is 3.54. The van der Waals surface area contributed by atoms with Crippen molar-refractivity contribution in [2.75, 3.05) is 0 Å². The molecule has 0 atom stereocenters. The molecule has 0 N–H and O–H groups in total. The average molecular weight is 389 g/mol. The van der Waals surface area contributed by atoms with Crippen LogP contribution in [0.3, 0.4) is 0 Å². The summed E-state index contributed by atoms with van der Waals surface area (Å²) < 4.78 is 21.2. The maximum Gasteiger partial charge on any atom is 0.344 e. The molecule has 0 bridgehead atoms. The number of esters is 1. The fraction of sp³-hybridized carbons (Fsp3) is 0.111. The predicted molar refractivity (Wildman–Crippen MR) is 92.0 cm³/mol. The third-order valence-electron chi connectivity index (χ3n) is 3.40. The summed E-state index contributed by atoms with van der Waals surface area (Å²) in [5.41, 5.74) is 1.65. The van der Waals surface area contributed by atoms with Gasteiger partial charge in [-0.25, -0.2) is 13.9 Å². The van der Waals surface area contributed by atoms with Gasteiger partial charge < -0.3 is 4.74 Å². The molecule has 0 saturated carbocycles. The van der Waals surface area contributed by atoms with E-state index in [0.717, 1.165) is 10.2 Å². The monoisotopic (exact) mass is 388 g/mol. The zero-order valence-electron chi connectivity index (χ0n) is 12.9. The van der Waals surface area contributed by atoms with Gasteiger partial charge in [-0.15, -0.1) is 0 Å². The summed E-state index contributed by atoms with van der Waals surface area (Å²) in [6.07, 6.45) is 0.670. The van der Waals surface area contributed by atoms with Crippen LogP contribution in [0.15, 0.2) is 59.1 Å². The SMILES string of the molecule is CCc1cc(OC(=O)c2cccc(Br)c2)n(-c2cccc(F)c2)n1. The van der Waals surface area contributed by atoms with Crippen molar-refractivity contribution in [3.05, 3.63) is 76.1 Å². The van der Waals surface area contributed by atoms with Gasteiger partial charge in [-0.3, -0.25) is 0 Å². The zero-order valence-corrected chi connectivity index (χ0v) is 14.5. The molecule has 6 heteroatoms. The molecule has 1 aromatic heterocycles. The van der Waals surface area contributed by atoms with Gasteiger partial charge in [0.1, 0.15) is 5.82 Å². The van der Waals surface area contributed by atoms with Crippen molar-refractivity contribution in [3.63, 3.8) is 0 Å². The van der Waals surface area contributed by atoms with Crippen molar-refractivity contribution in [2.45, 2.75) is 13.3 Å². The van der Waals surface area contributed by atoms with Crippen LogP contribution in [0.1, 0.15) is 23.0 Å². The van der Waals surface area contributed by atoms with E-state index in [1.165, 1.54) is 16.8 Å². The molecule has 0 aliphatic rings. The maximum atomic E-state index is 13.5. The Bertz CT molecular complexity index is 892. The number of aryl methyl sites for hydroxylation is 1. The lowest BCUT2D eigenvalue weighted by Gasteiger charge is -2.08. The first-order valence-corrected chi connectivity index (χ1v) is 8.18. The number of carbonyl (C=O) groups is 1. The van der Waals surface area contributed by atoms with Crippen LogP contribution in [-0.2, 0) is 6.42 Å². The molecule has 4 nitrogen and oxygen atoms in total. The van der Waals surface area contributed by atoms with Crippen LogP contribution >= 0.6 is 15.9 Å². The molecule has 1 heterocycles. The average Bonchev–Trinajstić information content (AvgIpc) is 2.98. The highest BCUT2D eigenvalue weighted by Gasteiger charge is 2.16. The first-order valence-electron chi connectivity index (χ1n) is 7.39. The van der Waals surface area contributed by atoms with Gasteiger partial charge in [0.05, 0.1) is 16.9 Å². The van der Waals surface area contributed by atoms with Crippen molar-refractivity contribution in [1.82, 2.24) is 9.78 Å². The van der Waals surface area contributed by atoms with Gasteiger partial charge in [-0.05, 0) is 42.8 Å². The predicted octanol–water partition coefficient (Wildman–Crippen LogP) is 4.56. The van der Waals surface area contributed by atoms with Gasteiger partial charge in [0, 0.05) is 10.5 Å². The van der Waals surface area contributed by atoms with Crippen molar-refractivity contribution in [3.8, 4) is 11.6 Å². The number of hydrogen-bond acceptors (Lipinski definition) is 3. The third-order valence-corrected chi connectivity index (χ3v) is 3.89. The van der Waals surface area contributed by atoms with E-state index in [2.05, 4.69) is 21.0 Å². The molecule has 122 valence electrons. The van der Waals surface area contributed by atoms with Crippen LogP contribution in [0.4, 0.5) is 4.39 Å². The molecule has 0 amide bonds. The van der Waals surface area contributed by atoms with Gasteiger partial charge in [0.15, 0.2) is 0 Å². The number of hydrogen-bond donors (Lipinski definition) is 0. The molecule has 0 radical (unpaired) electrons. The number of ether oxygens (including phenoxy) is 1. The Hall–Kier alpha value is -2.47. The van der Waals surface area contributed by atoms with Crippen LogP contribution in [0.2, 0.25) is 0 Å². The molecule has 2 aromatic carbocycles. The number of rotatable bonds is 4. The molecular formula is C18H14BrFN2O2. The van der Waals surface area contributed by atoms with Gasteiger partial charge in [-0.2, -0.15) is 5.10 Å². The van der Waals surface area contributed by atoms with E-state index in [1.807, 2.05) is 13.0 Å². The van der Waals surface area contributed by atoms with Gasteiger partial charge in [0.25, 0.3) is 0 Å². The lowest BCUT2D eigenvalue weighted by atomic mass is 10.2. The summed E-state index contributed by atoms with van der Waals surface area (Å²) >= 11 is 3.32. The van der Waals surface area contributed by atoms with E-state index in [0.29, 0.717) is 17.7 Å². The molecule has 0 aliphatic heterocycles. The van der Waals surface area contributed by atoms with E-state index in [-0.39, 0.29) is 11.7 Å². The molecule has 0 aliphatic carbocycles. The smallest absolute Gasteiger partial charge is 0.344 e. The number of nitrogens with zero attached hydrogens (tertiary/aromatic N) is 2. The van der Waals surface area contributed by atoms with E-state index < -0.39 is 5.97 Å². The molecule has 3 aromatic rings. The summed E-state index contributed by atoms with van der Waals surface area (Å²) in [7, 11) is 0. The first-order chi connectivity index (χ1) is 11.6. The quantitative estimate of drug-likeness (QED) is 0.615. The van der Waals surface area contributed by atoms with Crippen molar-refractivity contribution >= 4 is 21.9 Å². The fourth-order valence-corrected chi connectivity index (χ4v) is 2.62. The van der Waals surface area contributed by atoms with Crippen molar-refractivity contribution in [1.29, 1.82) is 0 Å². The molecule has 0 saturated heterocycles. The van der Waals surface area contributed by atoms with E-state index in [4.69, 9.17) is 4.74 Å². The van der Waals surface area contributed by atoms with Gasteiger partial charge in [0.2, 0.25) is 5.88 Å². The van der Waals surface area contributed by atoms with Crippen LogP contribution in [0.5, 0.6) is 5.88 Å². The first kappa shape index (κ1) is 16.4. The molecule has 0 unspecified atom stereocenters. The summed E-state index contributed by atoms with van der Waals surface area (Å²) in [6.45, 7) is 1.94. The lowest BCUT2D eigenvalue weighted by molar-refractivity contribution is 0.0723. The highest BCUT2D eigenvalue weighted by atomic mass is 79.9. The van der Waals surface area contributed by atoms with Crippen LogP contribution in [0.25, 0.3) is 5.69 Å². The minimum atomic E-state index is -0.503. The number of carbonyl (C=O) groups excluding carboxylic acids is 1. The largest absolute Gasteiger partial charge is 0.404 e. The standard InChI is InChI=1S/C18H14BrFN2O2/c1-2-15-11-17(22(21-15)16-8-4-7-14(20)10-16)24-18(23)12-5-3-6-13(19)9-12/h3-11H,2H2,1H3. The molecule has 0 spiro atoms. The van der Waals surface area contributed by atoms with Crippen LogP contribution in [0, 0.1) is 5.82 Å². The normalized spacial score (nSPS) is 10.6.